The van der Waals surface area contributed by atoms with E-state index in [1.807, 2.05) is 44.2 Å². The van der Waals surface area contributed by atoms with Gasteiger partial charge < -0.3 is 23.9 Å². The van der Waals surface area contributed by atoms with Crippen LogP contribution >= 0.6 is 0 Å². The highest BCUT2D eigenvalue weighted by Crippen LogP contribution is 2.28. The summed E-state index contributed by atoms with van der Waals surface area (Å²) in [4.78, 5) is 28.9. The van der Waals surface area contributed by atoms with E-state index in [1.165, 1.54) is 0 Å². The third-order valence-corrected chi connectivity index (χ3v) is 4.48. The summed E-state index contributed by atoms with van der Waals surface area (Å²) in [7, 11) is 0. The molecule has 0 unspecified atom stereocenters. The second kappa shape index (κ2) is 11.0. The van der Waals surface area contributed by atoms with E-state index in [4.69, 9.17) is 18.6 Å². The lowest BCUT2D eigenvalue weighted by Gasteiger charge is -2.12. The molecule has 0 fully saturated rings. The summed E-state index contributed by atoms with van der Waals surface area (Å²) in [5, 5.41) is 2.55. The number of aryl methyl sites for hydroxylation is 1. The van der Waals surface area contributed by atoms with E-state index in [1.54, 1.807) is 25.1 Å². The second-order valence-corrected chi connectivity index (χ2v) is 6.76. The van der Waals surface area contributed by atoms with Crippen molar-refractivity contribution in [3.63, 3.8) is 0 Å². The lowest BCUT2D eigenvalue weighted by Crippen LogP contribution is -2.30. The molecule has 0 aliphatic heterocycles. The van der Waals surface area contributed by atoms with Gasteiger partial charge in [0.2, 0.25) is 5.89 Å². The van der Waals surface area contributed by atoms with Crippen molar-refractivity contribution >= 4 is 11.9 Å². The molecule has 32 heavy (non-hydrogen) atoms. The number of rotatable bonds is 10. The van der Waals surface area contributed by atoms with Gasteiger partial charge in [-0.05, 0) is 51.1 Å². The SMILES string of the molecule is CCOc1ccc(C(=O)NCC(=O)OCc2nc(-c3ccccc3)oc2C)cc1OCC. The largest absolute Gasteiger partial charge is 0.490 e. The van der Waals surface area contributed by atoms with Crippen LogP contribution in [0.4, 0.5) is 0 Å². The highest BCUT2D eigenvalue weighted by atomic mass is 16.5. The molecule has 1 amide bonds. The summed E-state index contributed by atoms with van der Waals surface area (Å²) in [6.45, 7) is 6.06. The number of aromatic nitrogens is 1. The van der Waals surface area contributed by atoms with Crippen LogP contribution in [-0.2, 0) is 16.1 Å². The van der Waals surface area contributed by atoms with Crippen LogP contribution in [0.25, 0.3) is 11.5 Å². The number of esters is 1. The average Bonchev–Trinajstić information content (AvgIpc) is 3.18. The molecule has 2 aromatic carbocycles. The van der Waals surface area contributed by atoms with Crippen molar-refractivity contribution in [2.75, 3.05) is 19.8 Å². The first kappa shape index (κ1) is 22.9. The summed E-state index contributed by atoms with van der Waals surface area (Å²) in [5.41, 5.74) is 1.71. The number of carbonyl (C=O) groups is 2. The standard InChI is InChI=1S/C24H26N2O6/c1-4-29-20-12-11-18(13-21(20)30-5-2)23(28)25-14-22(27)31-15-19-16(3)32-24(26-19)17-9-7-6-8-10-17/h6-13H,4-5,14-15H2,1-3H3,(H,25,28). The summed E-state index contributed by atoms with van der Waals surface area (Å²) in [5.74, 6) is 1.05. The number of hydrogen-bond acceptors (Lipinski definition) is 7. The number of hydrogen-bond donors (Lipinski definition) is 1. The molecule has 0 saturated heterocycles. The Kier molecular flexibility index (Phi) is 7.85. The Morgan fingerprint density at radius 1 is 1.00 bits per heavy atom. The molecule has 3 aromatic rings. The molecular formula is C24H26N2O6. The van der Waals surface area contributed by atoms with Gasteiger partial charge in [0, 0.05) is 11.1 Å². The van der Waals surface area contributed by atoms with Gasteiger partial charge in [0.15, 0.2) is 11.5 Å². The van der Waals surface area contributed by atoms with Crippen molar-refractivity contribution in [3.8, 4) is 23.0 Å². The first-order valence-corrected chi connectivity index (χ1v) is 10.4. The van der Waals surface area contributed by atoms with Crippen LogP contribution in [0.1, 0.15) is 35.7 Å². The van der Waals surface area contributed by atoms with Gasteiger partial charge in [-0.2, -0.15) is 0 Å². The number of nitrogens with one attached hydrogen (secondary N) is 1. The molecule has 8 nitrogen and oxygen atoms in total. The molecular weight excluding hydrogens is 412 g/mol. The van der Waals surface area contributed by atoms with E-state index < -0.39 is 11.9 Å². The molecule has 0 radical (unpaired) electrons. The molecule has 0 bridgehead atoms. The minimum Gasteiger partial charge on any atom is -0.490 e. The highest BCUT2D eigenvalue weighted by Gasteiger charge is 2.15. The van der Waals surface area contributed by atoms with Crippen LogP contribution in [0.15, 0.2) is 52.9 Å². The van der Waals surface area contributed by atoms with Crippen molar-refractivity contribution < 1.29 is 28.2 Å². The maximum Gasteiger partial charge on any atom is 0.325 e. The van der Waals surface area contributed by atoms with E-state index in [0.717, 1.165) is 5.56 Å². The van der Waals surface area contributed by atoms with Crippen LogP contribution in [0, 0.1) is 6.92 Å². The molecule has 1 aromatic heterocycles. The lowest BCUT2D eigenvalue weighted by molar-refractivity contribution is -0.143. The maximum absolute atomic E-state index is 12.4. The zero-order valence-electron chi connectivity index (χ0n) is 18.3. The van der Waals surface area contributed by atoms with Gasteiger partial charge >= 0.3 is 5.97 Å². The number of benzene rings is 2. The van der Waals surface area contributed by atoms with Gasteiger partial charge in [-0.3, -0.25) is 9.59 Å². The number of ether oxygens (including phenoxy) is 3. The molecule has 0 atom stereocenters. The van der Waals surface area contributed by atoms with Gasteiger partial charge in [0.05, 0.1) is 13.2 Å². The van der Waals surface area contributed by atoms with Crippen LogP contribution in [0.3, 0.4) is 0 Å². The normalized spacial score (nSPS) is 10.5. The van der Waals surface area contributed by atoms with Crippen molar-refractivity contribution in [2.24, 2.45) is 0 Å². The number of carbonyl (C=O) groups excluding carboxylic acids is 2. The van der Waals surface area contributed by atoms with Crippen LogP contribution < -0.4 is 14.8 Å². The van der Waals surface area contributed by atoms with Gasteiger partial charge in [-0.1, -0.05) is 18.2 Å². The molecule has 168 valence electrons. The van der Waals surface area contributed by atoms with E-state index in [9.17, 15) is 9.59 Å². The summed E-state index contributed by atoms with van der Waals surface area (Å²) in [6, 6.07) is 14.3. The Bertz CT molecular complexity index is 1060. The number of nitrogens with zero attached hydrogens (tertiary/aromatic N) is 1. The maximum atomic E-state index is 12.4. The Morgan fingerprint density at radius 2 is 1.72 bits per heavy atom. The fraction of sp³-hybridized carbons (Fsp3) is 0.292. The van der Waals surface area contributed by atoms with E-state index in [0.29, 0.717) is 47.6 Å². The fourth-order valence-corrected chi connectivity index (χ4v) is 2.91. The summed E-state index contributed by atoms with van der Waals surface area (Å²) < 4.78 is 21.9. The topological polar surface area (TPSA) is 99.9 Å². The van der Waals surface area contributed by atoms with Crippen molar-refractivity contribution in [1.29, 1.82) is 0 Å². The highest BCUT2D eigenvalue weighted by molar-refractivity contribution is 5.96. The molecule has 0 aliphatic rings. The summed E-state index contributed by atoms with van der Waals surface area (Å²) >= 11 is 0. The van der Waals surface area contributed by atoms with E-state index in [2.05, 4.69) is 10.3 Å². The smallest absolute Gasteiger partial charge is 0.325 e. The van der Waals surface area contributed by atoms with Crippen molar-refractivity contribution in [2.45, 2.75) is 27.4 Å². The van der Waals surface area contributed by atoms with Gasteiger partial charge in [0.1, 0.15) is 24.6 Å². The second-order valence-electron chi connectivity index (χ2n) is 6.76. The molecule has 8 heteroatoms. The zero-order chi connectivity index (χ0) is 22.9. The third-order valence-electron chi connectivity index (χ3n) is 4.48. The van der Waals surface area contributed by atoms with E-state index >= 15 is 0 Å². The Morgan fingerprint density at radius 3 is 2.44 bits per heavy atom. The Hall–Kier alpha value is -3.81. The number of amides is 1. The van der Waals surface area contributed by atoms with Gasteiger partial charge in [0.25, 0.3) is 5.91 Å². The average molecular weight is 438 g/mol. The fourth-order valence-electron chi connectivity index (χ4n) is 2.91. The van der Waals surface area contributed by atoms with Gasteiger partial charge in [-0.15, -0.1) is 0 Å². The molecule has 0 spiro atoms. The van der Waals surface area contributed by atoms with Crippen LogP contribution in [0.5, 0.6) is 11.5 Å². The molecule has 0 saturated carbocycles. The quantitative estimate of drug-likeness (QED) is 0.479. The predicted molar refractivity (Wildman–Crippen MR) is 118 cm³/mol. The van der Waals surface area contributed by atoms with Crippen molar-refractivity contribution in [1.82, 2.24) is 10.3 Å². The monoisotopic (exact) mass is 438 g/mol. The zero-order valence-corrected chi connectivity index (χ0v) is 18.3. The lowest BCUT2D eigenvalue weighted by atomic mass is 10.2. The summed E-state index contributed by atoms with van der Waals surface area (Å²) in [6.07, 6.45) is 0. The molecule has 0 aliphatic carbocycles. The Balaban J connectivity index is 1.53. The first-order chi connectivity index (χ1) is 15.5. The van der Waals surface area contributed by atoms with E-state index in [-0.39, 0.29) is 13.2 Å². The number of oxazole rings is 1. The minimum absolute atomic E-state index is 0.0472. The molecule has 1 heterocycles. The molecule has 3 rings (SSSR count). The van der Waals surface area contributed by atoms with Crippen molar-refractivity contribution in [3.05, 3.63) is 65.5 Å². The first-order valence-electron chi connectivity index (χ1n) is 10.4. The van der Waals surface area contributed by atoms with Crippen LogP contribution in [0.2, 0.25) is 0 Å². The third kappa shape index (κ3) is 5.87. The Labute approximate surface area is 186 Å². The molecule has 1 N–H and O–H groups in total. The minimum atomic E-state index is -0.585. The predicted octanol–water partition coefficient (Wildman–Crippen LogP) is 3.92. The van der Waals surface area contributed by atoms with Crippen LogP contribution in [-0.4, -0.2) is 36.6 Å². The van der Waals surface area contributed by atoms with Gasteiger partial charge in [-0.25, -0.2) is 4.98 Å².